The maximum atomic E-state index is 11.4. The van der Waals surface area contributed by atoms with E-state index >= 15 is 0 Å². The molecule has 6 heteroatoms. The van der Waals surface area contributed by atoms with Gasteiger partial charge in [0, 0.05) is 20.2 Å². The first kappa shape index (κ1) is 17.6. The van der Waals surface area contributed by atoms with Gasteiger partial charge in [0.2, 0.25) is 0 Å². The van der Waals surface area contributed by atoms with Crippen LogP contribution in [-0.4, -0.2) is 46.6 Å². The number of benzene rings is 1. The Morgan fingerprint density at radius 2 is 2.12 bits per heavy atom. The highest BCUT2D eigenvalue weighted by molar-refractivity contribution is 9.10. The summed E-state index contributed by atoms with van der Waals surface area (Å²) in [4.78, 5) is 2.32. The fraction of sp³-hybridized carbons (Fsp3) is 0.500. The van der Waals surface area contributed by atoms with Crippen LogP contribution in [0.4, 0.5) is 0 Å². The third kappa shape index (κ3) is 3.88. The zero-order valence-corrected chi connectivity index (χ0v) is 15.6. The summed E-state index contributed by atoms with van der Waals surface area (Å²) in [6.07, 6.45) is 3.47. The number of piperidine rings is 1. The van der Waals surface area contributed by atoms with Crippen LogP contribution in [0.5, 0.6) is 0 Å². The van der Waals surface area contributed by atoms with E-state index in [2.05, 4.69) is 50.2 Å². The van der Waals surface area contributed by atoms with Crippen LogP contribution in [0.25, 0.3) is 0 Å². The monoisotopic (exact) mass is 393 g/mol. The van der Waals surface area contributed by atoms with Gasteiger partial charge in [-0.3, -0.25) is 9.58 Å². The van der Waals surface area contributed by atoms with Gasteiger partial charge in [-0.25, -0.2) is 0 Å². The van der Waals surface area contributed by atoms with Gasteiger partial charge in [-0.1, -0.05) is 30.3 Å². The van der Waals surface area contributed by atoms with Crippen LogP contribution in [-0.2, 0) is 23.4 Å². The Morgan fingerprint density at radius 3 is 2.88 bits per heavy atom. The Labute approximate surface area is 151 Å². The van der Waals surface area contributed by atoms with Crippen LogP contribution in [0, 0.1) is 0 Å². The van der Waals surface area contributed by atoms with E-state index in [1.54, 1.807) is 13.3 Å². The summed E-state index contributed by atoms with van der Waals surface area (Å²) in [5.41, 5.74) is 1.24. The van der Waals surface area contributed by atoms with Crippen molar-refractivity contribution in [2.24, 2.45) is 0 Å². The molecule has 130 valence electrons. The smallest absolute Gasteiger partial charge is 0.120 e. The van der Waals surface area contributed by atoms with E-state index in [0.717, 1.165) is 36.1 Å². The molecule has 0 aliphatic carbocycles. The number of aliphatic hydroxyl groups is 1. The molecule has 1 N–H and O–H groups in total. The highest BCUT2D eigenvalue weighted by atomic mass is 79.9. The number of hydrogen-bond donors (Lipinski definition) is 1. The molecule has 1 saturated heterocycles. The molecule has 3 rings (SSSR count). The third-order valence-electron chi connectivity index (χ3n) is 4.54. The third-order valence-corrected chi connectivity index (χ3v) is 5.12. The number of halogens is 1. The summed E-state index contributed by atoms with van der Waals surface area (Å²) in [5.74, 6) is 0. The second kappa shape index (κ2) is 7.78. The highest BCUT2D eigenvalue weighted by Gasteiger charge is 2.39. The van der Waals surface area contributed by atoms with Crippen molar-refractivity contribution in [2.75, 3.05) is 26.8 Å². The topological polar surface area (TPSA) is 50.5 Å². The van der Waals surface area contributed by atoms with Gasteiger partial charge in [-0.2, -0.15) is 5.10 Å². The molecule has 0 amide bonds. The molecule has 1 unspecified atom stereocenters. The van der Waals surface area contributed by atoms with Gasteiger partial charge >= 0.3 is 0 Å². The van der Waals surface area contributed by atoms with E-state index in [4.69, 9.17) is 4.74 Å². The minimum atomic E-state index is -0.893. The largest absolute Gasteiger partial charge is 0.383 e. The molecule has 0 bridgehead atoms. The molecule has 5 nitrogen and oxygen atoms in total. The van der Waals surface area contributed by atoms with E-state index in [9.17, 15) is 5.11 Å². The van der Waals surface area contributed by atoms with Crippen LogP contribution >= 0.6 is 15.9 Å². The van der Waals surface area contributed by atoms with Crippen molar-refractivity contribution in [3.05, 3.63) is 52.3 Å². The predicted molar refractivity (Wildman–Crippen MR) is 96.7 cm³/mol. The quantitative estimate of drug-likeness (QED) is 0.819. The van der Waals surface area contributed by atoms with Crippen molar-refractivity contribution >= 4 is 15.9 Å². The first-order chi connectivity index (χ1) is 11.6. The van der Waals surface area contributed by atoms with Crippen molar-refractivity contribution in [1.29, 1.82) is 0 Å². The van der Waals surface area contributed by atoms with Gasteiger partial charge in [0.25, 0.3) is 0 Å². The zero-order valence-electron chi connectivity index (χ0n) is 14.0. The van der Waals surface area contributed by atoms with E-state index in [1.165, 1.54) is 5.56 Å². The molecule has 1 aliphatic heterocycles. The van der Waals surface area contributed by atoms with Gasteiger partial charge in [0.15, 0.2) is 0 Å². The number of methoxy groups -OCH3 is 1. The van der Waals surface area contributed by atoms with Crippen molar-refractivity contribution in [1.82, 2.24) is 14.7 Å². The number of rotatable bonds is 6. The first-order valence-corrected chi connectivity index (χ1v) is 9.11. The summed E-state index contributed by atoms with van der Waals surface area (Å²) in [6, 6.07) is 10.4. The molecule has 1 aliphatic rings. The van der Waals surface area contributed by atoms with Gasteiger partial charge in [0.05, 0.1) is 29.5 Å². The Kier molecular flexibility index (Phi) is 5.71. The number of ether oxygens (including phenoxy) is 1. The SMILES string of the molecule is COCCn1ncc(Br)c1C1(O)CCCN(Cc2ccccc2)C1. The molecule has 1 aromatic heterocycles. The average Bonchev–Trinajstić information content (AvgIpc) is 2.95. The molecule has 0 saturated carbocycles. The number of likely N-dealkylation sites (tertiary alicyclic amines) is 1. The van der Waals surface area contributed by atoms with E-state index < -0.39 is 5.60 Å². The maximum absolute atomic E-state index is 11.4. The number of aromatic nitrogens is 2. The molecule has 24 heavy (non-hydrogen) atoms. The highest BCUT2D eigenvalue weighted by Crippen LogP contribution is 2.36. The van der Waals surface area contributed by atoms with E-state index in [1.807, 2.05) is 10.7 Å². The van der Waals surface area contributed by atoms with Crippen molar-refractivity contribution in [3.8, 4) is 0 Å². The molecule has 2 aromatic rings. The second-order valence-corrected chi connectivity index (χ2v) is 7.24. The Hall–Kier alpha value is -1.21. The van der Waals surface area contributed by atoms with Crippen LogP contribution < -0.4 is 0 Å². The molecule has 0 spiro atoms. The van der Waals surface area contributed by atoms with Crippen LogP contribution in [0.2, 0.25) is 0 Å². The molecular formula is C18H24BrN3O2. The Morgan fingerprint density at radius 1 is 1.33 bits per heavy atom. The zero-order chi connectivity index (χ0) is 17.0. The molecule has 1 atom stereocenters. The summed E-state index contributed by atoms with van der Waals surface area (Å²) in [5, 5.41) is 15.8. The normalized spacial score (nSPS) is 22.0. The van der Waals surface area contributed by atoms with Crippen molar-refractivity contribution < 1.29 is 9.84 Å². The van der Waals surface area contributed by atoms with Gasteiger partial charge in [-0.05, 0) is 40.9 Å². The predicted octanol–water partition coefficient (Wildman–Crippen LogP) is 2.78. The van der Waals surface area contributed by atoms with E-state index in [0.29, 0.717) is 19.7 Å². The first-order valence-electron chi connectivity index (χ1n) is 8.32. The Balaban J connectivity index is 1.78. The fourth-order valence-corrected chi connectivity index (χ4v) is 4.13. The van der Waals surface area contributed by atoms with Gasteiger partial charge < -0.3 is 9.84 Å². The maximum Gasteiger partial charge on any atom is 0.120 e. The Bertz CT molecular complexity index is 662. The lowest BCUT2D eigenvalue weighted by molar-refractivity contribution is -0.0456. The minimum Gasteiger partial charge on any atom is -0.383 e. The standard InChI is InChI=1S/C18H24BrN3O2/c1-24-11-10-22-17(16(19)12-20-22)18(23)8-5-9-21(14-18)13-15-6-3-2-4-7-15/h2-4,6-7,12,23H,5,8-11,13-14H2,1H3. The molecule has 1 aromatic carbocycles. The molecule has 0 radical (unpaired) electrons. The minimum absolute atomic E-state index is 0.574. The van der Waals surface area contributed by atoms with Gasteiger partial charge in [0.1, 0.15) is 5.60 Å². The summed E-state index contributed by atoms with van der Waals surface area (Å²) in [7, 11) is 1.68. The van der Waals surface area contributed by atoms with Gasteiger partial charge in [-0.15, -0.1) is 0 Å². The number of hydrogen-bond acceptors (Lipinski definition) is 4. The summed E-state index contributed by atoms with van der Waals surface area (Å²) in [6.45, 7) is 3.68. The molecule has 2 heterocycles. The lowest BCUT2D eigenvalue weighted by Gasteiger charge is -2.39. The number of β-amino-alcohol motifs (C(OH)–C–C–N with tert-alkyl or cyclic N) is 1. The van der Waals surface area contributed by atoms with Crippen molar-refractivity contribution in [3.63, 3.8) is 0 Å². The summed E-state index contributed by atoms with van der Waals surface area (Å²) < 4.78 is 7.89. The van der Waals surface area contributed by atoms with Crippen LogP contribution in [0.1, 0.15) is 24.1 Å². The van der Waals surface area contributed by atoms with Crippen LogP contribution in [0.15, 0.2) is 41.0 Å². The molecule has 1 fully saturated rings. The second-order valence-electron chi connectivity index (χ2n) is 6.39. The average molecular weight is 394 g/mol. The lowest BCUT2D eigenvalue weighted by atomic mass is 9.89. The van der Waals surface area contributed by atoms with E-state index in [-0.39, 0.29) is 0 Å². The van der Waals surface area contributed by atoms with Crippen LogP contribution in [0.3, 0.4) is 0 Å². The fourth-order valence-electron chi connectivity index (χ4n) is 3.47. The molecular weight excluding hydrogens is 370 g/mol. The number of nitrogens with zero attached hydrogens (tertiary/aromatic N) is 3. The lowest BCUT2D eigenvalue weighted by Crippen LogP contribution is -2.47. The summed E-state index contributed by atoms with van der Waals surface area (Å²) >= 11 is 3.56. The van der Waals surface area contributed by atoms with Crippen molar-refractivity contribution in [2.45, 2.75) is 31.5 Å².